The first-order valence-electron chi connectivity index (χ1n) is 16.3. The highest BCUT2D eigenvalue weighted by molar-refractivity contribution is 8.18. The largest absolute Gasteiger partial charge is 0.372 e. The Morgan fingerprint density at radius 1 is 0.865 bits per heavy atom. The van der Waals surface area contributed by atoms with Crippen molar-refractivity contribution in [2.24, 2.45) is 0 Å². The number of halogens is 1. The first kappa shape index (κ1) is 34.7. The van der Waals surface area contributed by atoms with Crippen molar-refractivity contribution < 1.29 is 33.1 Å². The molecule has 0 saturated carbocycles. The fourth-order valence-corrected chi connectivity index (χ4v) is 7.78. The van der Waals surface area contributed by atoms with Crippen LogP contribution < -0.4 is 10.6 Å². The quantitative estimate of drug-likeness (QED) is 0.112. The minimum absolute atomic E-state index is 0.0889. The summed E-state index contributed by atoms with van der Waals surface area (Å²) in [7, 11) is 0. The average molecular weight is 732 g/mol. The van der Waals surface area contributed by atoms with Gasteiger partial charge in [0.1, 0.15) is 11.9 Å². The van der Waals surface area contributed by atoms with E-state index in [1.165, 1.54) is 46.6 Å². The number of hydrogen-bond acceptors (Lipinski definition) is 8. The molecule has 2 aliphatic heterocycles. The molecular weight excluding hydrogens is 702 g/mol. The van der Waals surface area contributed by atoms with Crippen LogP contribution in [0.2, 0.25) is 0 Å². The third-order valence-corrected chi connectivity index (χ3v) is 10.5. The highest BCUT2D eigenvalue weighted by Crippen LogP contribution is 2.32. The van der Waals surface area contributed by atoms with Gasteiger partial charge in [-0.25, -0.2) is 4.39 Å². The van der Waals surface area contributed by atoms with Crippen molar-refractivity contribution in [2.45, 2.75) is 25.2 Å². The average Bonchev–Trinajstić information content (AvgIpc) is 3.89. The molecule has 2 saturated heterocycles. The Hall–Kier alpha value is -5.69. The fourth-order valence-electron chi connectivity index (χ4n) is 6.18. The van der Waals surface area contributed by atoms with Crippen molar-refractivity contribution in [1.82, 2.24) is 10.2 Å². The van der Waals surface area contributed by atoms with Crippen LogP contribution in [0.15, 0.2) is 120 Å². The molecule has 0 bridgehead atoms. The summed E-state index contributed by atoms with van der Waals surface area (Å²) in [6.07, 6.45) is 1.26. The molecule has 52 heavy (non-hydrogen) atoms. The summed E-state index contributed by atoms with van der Waals surface area (Å²) in [4.78, 5) is 67.8. The van der Waals surface area contributed by atoms with E-state index in [0.717, 1.165) is 28.5 Å². The lowest BCUT2D eigenvalue weighted by atomic mass is 9.97. The van der Waals surface area contributed by atoms with Crippen molar-refractivity contribution in [3.63, 3.8) is 0 Å². The van der Waals surface area contributed by atoms with Crippen LogP contribution in [0.25, 0.3) is 17.2 Å². The molecule has 2 N–H and O–H groups in total. The van der Waals surface area contributed by atoms with E-state index < -0.39 is 46.7 Å². The number of carbonyl (C=O) groups excluding carboxylic acids is 5. The first-order valence-corrected chi connectivity index (χ1v) is 18.0. The number of hydrogen-bond donors (Lipinski definition) is 2. The van der Waals surface area contributed by atoms with Crippen molar-refractivity contribution in [3.8, 4) is 11.1 Å². The molecule has 5 aromatic rings. The molecule has 12 heteroatoms. The Balaban J connectivity index is 1.14. The van der Waals surface area contributed by atoms with Crippen LogP contribution in [0.4, 0.5) is 14.2 Å². The number of amides is 4. The molecule has 9 nitrogen and oxygen atoms in total. The predicted molar refractivity (Wildman–Crippen MR) is 198 cm³/mol. The van der Waals surface area contributed by atoms with Crippen LogP contribution in [0, 0.1) is 5.82 Å². The first-order chi connectivity index (χ1) is 25.2. The number of ketones is 1. The minimum Gasteiger partial charge on any atom is -0.372 e. The van der Waals surface area contributed by atoms with E-state index in [0.29, 0.717) is 9.88 Å². The zero-order valence-corrected chi connectivity index (χ0v) is 29.0. The number of ether oxygens (including phenoxy) is 1. The highest BCUT2D eigenvalue weighted by Gasteiger charge is 2.41. The van der Waals surface area contributed by atoms with Gasteiger partial charge in [0.2, 0.25) is 5.91 Å². The number of benzene rings is 4. The van der Waals surface area contributed by atoms with Crippen LogP contribution >= 0.6 is 23.1 Å². The minimum atomic E-state index is -0.950. The molecule has 2 atom stereocenters. The standard InChI is InChI=1S/C40H30FN3O6S2/c41-27-16-14-25(15-17-27)36(45)31-12-6-7-13-32(31)39(48)44-22-28(50-23-26-10-4-5-11-30(26)24-8-2-1-3-9-24)20-33(44)37(46)42-35-19-18-29(51-35)21-34-38(47)43-40(49)52-34/h1-19,21,28,33H,20,22-23H2,(H,42,46)(H,43,47,49)/t28-,33+/m1/s1. The van der Waals surface area contributed by atoms with Gasteiger partial charge in [0, 0.05) is 29.0 Å². The second kappa shape index (κ2) is 15.3. The Morgan fingerprint density at radius 2 is 1.58 bits per heavy atom. The maximum Gasteiger partial charge on any atom is 0.290 e. The van der Waals surface area contributed by atoms with Gasteiger partial charge in [0.15, 0.2) is 5.78 Å². The van der Waals surface area contributed by atoms with E-state index >= 15 is 0 Å². The number of thioether (sulfide) groups is 1. The van der Waals surface area contributed by atoms with E-state index in [1.54, 1.807) is 36.4 Å². The lowest BCUT2D eigenvalue weighted by Crippen LogP contribution is -2.43. The second-order valence-corrected chi connectivity index (χ2v) is 14.2. The number of nitrogens with zero attached hydrogens (tertiary/aromatic N) is 1. The van der Waals surface area contributed by atoms with Crippen molar-refractivity contribution in [3.05, 3.63) is 153 Å². The van der Waals surface area contributed by atoms with E-state index in [-0.39, 0.29) is 41.2 Å². The van der Waals surface area contributed by atoms with Gasteiger partial charge in [0.25, 0.3) is 17.1 Å². The smallest absolute Gasteiger partial charge is 0.290 e. The number of thiophene rings is 1. The Kier molecular flexibility index (Phi) is 10.2. The summed E-state index contributed by atoms with van der Waals surface area (Å²) in [5, 5.41) is 5.15. The lowest BCUT2D eigenvalue weighted by Gasteiger charge is -2.24. The van der Waals surface area contributed by atoms with Gasteiger partial charge in [-0.1, -0.05) is 72.8 Å². The van der Waals surface area contributed by atoms with Crippen LogP contribution in [0.1, 0.15) is 43.1 Å². The highest BCUT2D eigenvalue weighted by atomic mass is 32.2. The second-order valence-electron chi connectivity index (χ2n) is 12.1. The third kappa shape index (κ3) is 7.64. The van der Waals surface area contributed by atoms with Gasteiger partial charge in [-0.2, -0.15) is 0 Å². The topological polar surface area (TPSA) is 122 Å². The van der Waals surface area contributed by atoms with E-state index in [4.69, 9.17) is 4.74 Å². The number of carbonyl (C=O) groups is 5. The van der Waals surface area contributed by atoms with Gasteiger partial charge >= 0.3 is 0 Å². The van der Waals surface area contributed by atoms with Gasteiger partial charge in [0.05, 0.1) is 28.2 Å². The molecule has 7 rings (SSSR count). The molecule has 4 amide bonds. The van der Waals surface area contributed by atoms with Gasteiger partial charge in [-0.3, -0.25) is 29.3 Å². The summed E-state index contributed by atoms with van der Waals surface area (Å²) in [6, 6.07) is 31.7. The zero-order chi connectivity index (χ0) is 36.2. The van der Waals surface area contributed by atoms with Gasteiger partial charge in [-0.05, 0) is 77.0 Å². The predicted octanol–water partition coefficient (Wildman–Crippen LogP) is 7.55. The maximum atomic E-state index is 14.3. The van der Waals surface area contributed by atoms with Gasteiger partial charge < -0.3 is 15.0 Å². The van der Waals surface area contributed by atoms with Crippen LogP contribution in [0.5, 0.6) is 0 Å². The monoisotopic (exact) mass is 731 g/mol. The maximum absolute atomic E-state index is 14.3. The third-order valence-electron chi connectivity index (χ3n) is 8.70. The molecule has 3 heterocycles. The molecule has 2 aliphatic rings. The van der Waals surface area contributed by atoms with Gasteiger partial charge in [-0.15, -0.1) is 11.3 Å². The van der Waals surface area contributed by atoms with Crippen molar-refractivity contribution in [2.75, 3.05) is 11.9 Å². The summed E-state index contributed by atoms with van der Waals surface area (Å²) in [6.45, 7) is 0.328. The van der Waals surface area contributed by atoms with E-state index in [2.05, 4.69) is 10.6 Å². The zero-order valence-electron chi connectivity index (χ0n) is 27.4. The Morgan fingerprint density at radius 3 is 2.33 bits per heavy atom. The molecule has 0 radical (unpaired) electrons. The molecule has 4 aromatic carbocycles. The van der Waals surface area contributed by atoms with Crippen LogP contribution in [-0.4, -0.2) is 52.3 Å². The number of anilines is 1. The Bertz CT molecular complexity index is 2220. The lowest BCUT2D eigenvalue weighted by molar-refractivity contribution is -0.120. The number of rotatable bonds is 10. The van der Waals surface area contributed by atoms with Crippen molar-refractivity contribution >= 4 is 62.9 Å². The normalized spacial score (nSPS) is 17.7. The number of nitrogens with one attached hydrogen (secondary N) is 2. The Labute approximate surface area is 306 Å². The van der Waals surface area contributed by atoms with Crippen LogP contribution in [-0.2, 0) is 20.9 Å². The summed E-state index contributed by atoms with van der Waals surface area (Å²) in [5.74, 6) is -2.39. The molecule has 0 aliphatic carbocycles. The van der Waals surface area contributed by atoms with E-state index in [9.17, 15) is 28.4 Å². The molecule has 0 spiro atoms. The fraction of sp³-hybridized carbons (Fsp3) is 0.125. The summed E-state index contributed by atoms with van der Waals surface area (Å²) < 4.78 is 20.0. The summed E-state index contributed by atoms with van der Waals surface area (Å²) in [5.41, 5.74) is 3.45. The number of likely N-dealkylation sites (tertiary alicyclic amines) is 1. The van der Waals surface area contributed by atoms with Crippen LogP contribution in [0.3, 0.4) is 0 Å². The molecule has 2 fully saturated rings. The molecule has 260 valence electrons. The molecular formula is C40H30FN3O6S2. The van der Waals surface area contributed by atoms with Crippen molar-refractivity contribution in [1.29, 1.82) is 0 Å². The number of imide groups is 1. The molecule has 0 unspecified atom stereocenters. The SMILES string of the molecule is O=C1NC(=O)C(=Cc2ccc(NC(=O)[C@@H]3C[C@@H](OCc4ccccc4-c4ccccc4)CN3C(=O)c3ccccc3C(=O)c3ccc(F)cc3)s2)S1. The summed E-state index contributed by atoms with van der Waals surface area (Å²) >= 11 is 2.01. The van der Waals surface area contributed by atoms with E-state index in [1.807, 2.05) is 54.6 Å². The molecule has 1 aromatic heterocycles.